The Hall–Kier alpha value is -0.0400. The SMILES string of the molecule is CCC(CC)C(N)(CC)C(C)C. The molecular weight excluding hydrogens is 146 g/mol. The van der Waals surface area contributed by atoms with Gasteiger partial charge in [0.1, 0.15) is 0 Å². The molecule has 12 heavy (non-hydrogen) atoms. The molecule has 1 nitrogen and oxygen atoms in total. The van der Waals surface area contributed by atoms with Gasteiger partial charge in [-0.25, -0.2) is 0 Å². The van der Waals surface area contributed by atoms with Crippen molar-refractivity contribution in [2.45, 2.75) is 59.4 Å². The average Bonchev–Trinajstić information content (AvgIpc) is 2.05. The lowest BCUT2D eigenvalue weighted by atomic mass is 9.72. The summed E-state index contributed by atoms with van der Waals surface area (Å²) in [5.41, 5.74) is 6.46. The number of hydrogen-bond donors (Lipinski definition) is 1. The van der Waals surface area contributed by atoms with E-state index in [1.165, 1.54) is 12.8 Å². The molecule has 0 aliphatic rings. The van der Waals surface area contributed by atoms with Crippen molar-refractivity contribution in [2.24, 2.45) is 17.6 Å². The van der Waals surface area contributed by atoms with Crippen molar-refractivity contribution in [3.05, 3.63) is 0 Å². The van der Waals surface area contributed by atoms with E-state index in [4.69, 9.17) is 5.73 Å². The van der Waals surface area contributed by atoms with Gasteiger partial charge in [0.2, 0.25) is 0 Å². The standard InChI is InChI=1S/C11H25N/c1-6-10(7-2)11(12,8-3)9(4)5/h9-10H,6-8,12H2,1-5H3. The first-order chi connectivity index (χ1) is 5.52. The monoisotopic (exact) mass is 171 g/mol. The Morgan fingerprint density at radius 3 is 1.58 bits per heavy atom. The molecule has 0 aliphatic carbocycles. The fourth-order valence-corrected chi connectivity index (χ4v) is 2.22. The Balaban J connectivity index is 4.47. The van der Waals surface area contributed by atoms with E-state index in [1.54, 1.807) is 0 Å². The van der Waals surface area contributed by atoms with Crippen molar-refractivity contribution in [2.75, 3.05) is 0 Å². The molecule has 1 unspecified atom stereocenters. The van der Waals surface area contributed by atoms with Gasteiger partial charge in [-0.1, -0.05) is 47.5 Å². The van der Waals surface area contributed by atoms with E-state index in [0.29, 0.717) is 11.8 Å². The van der Waals surface area contributed by atoms with Crippen molar-refractivity contribution in [1.29, 1.82) is 0 Å². The predicted molar refractivity (Wildman–Crippen MR) is 56.1 cm³/mol. The van der Waals surface area contributed by atoms with Crippen LogP contribution < -0.4 is 5.73 Å². The molecule has 1 atom stereocenters. The van der Waals surface area contributed by atoms with Gasteiger partial charge in [-0.05, 0) is 18.3 Å². The van der Waals surface area contributed by atoms with Gasteiger partial charge >= 0.3 is 0 Å². The fourth-order valence-electron chi connectivity index (χ4n) is 2.22. The van der Waals surface area contributed by atoms with Gasteiger partial charge in [0.15, 0.2) is 0 Å². The number of rotatable bonds is 5. The maximum Gasteiger partial charge on any atom is 0.0203 e. The average molecular weight is 171 g/mol. The lowest BCUT2D eigenvalue weighted by molar-refractivity contribution is 0.178. The normalized spacial score (nSPS) is 17.0. The largest absolute Gasteiger partial charge is 0.325 e. The van der Waals surface area contributed by atoms with Crippen LogP contribution in [0.2, 0.25) is 0 Å². The number of nitrogens with two attached hydrogens (primary N) is 1. The van der Waals surface area contributed by atoms with Crippen molar-refractivity contribution in [3.8, 4) is 0 Å². The van der Waals surface area contributed by atoms with E-state index in [1.807, 2.05) is 0 Å². The summed E-state index contributed by atoms with van der Waals surface area (Å²) in [7, 11) is 0. The molecule has 0 amide bonds. The Kier molecular flexibility index (Phi) is 4.84. The van der Waals surface area contributed by atoms with Crippen LogP contribution >= 0.6 is 0 Å². The third-order valence-electron chi connectivity index (χ3n) is 3.43. The molecule has 0 heterocycles. The smallest absolute Gasteiger partial charge is 0.0203 e. The summed E-state index contributed by atoms with van der Waals surface area (Å²) >= 11 is 0. The fraction of sp³-hybridized carbons (Fsp3) is 1.00. The zero-order chi connectivity index (χ0) is 9.78. The molecule has 0 aromatic heterocycles. The van der Waals surface area contributed by atoms with Gasteiger partial charge in [0, 0.05) is 5.54 Å². The van der Waals surface area contributed by atoms with Gasteiger partial charge in [-0.15, -0.1) is 0 Å². The summed E-state index contributed by atoms with van der Waals surface area (Å²) in [4.78, 5) is 0. The minimum absolute atomic E-state index is 0.0590. The maximum absolute atomic E-state index is 6.41. The summed E-state index contributed by atoms with van der Waals surface area (Å²) < 4.78 is 0. The van der Waals surface area contributed by atoms with Crippen LogP contribution in [-0.2, 0) is 0 Å². The Labute approximate surface area is 77.7 Å². The molecule has 0 bridgehead atoms. The zero-order valence-electron chi connectivity index (χ0n) is 9.35. The van der Waals surface area contributed by atoms with Crippen molar-refractivity contribution >= 4 is 0 Å². The van der Waals surface area contributed by atoms with Crippen LogP contribution in [0.1, 0.15) is 53.9 Å². The Bertz CT molecular complexity index is 116. The van der Waals surface area contributed by atoms with E-state index < -0.39 is 0 Å². The van der Waals surface area contributed by atoms with Crippen LogP contribution in [0.5, 0.6) is 0 Å². The summed E-state index contributed by atoms with van der Waals surface area (Å²) in [6.07, 6.45) is 3.51. The quantitative estimate of drug-likeness (QED) is 0.675. The Morgan fingerprint density at radius 1 is 1.08 bits per heavy atom. The molecule has 1 heteroatoms. The van der Waals surface area contributed by atoms with Crippen LogP contribution in [0.25, 0.3) is 0 Å². The molecule has 0 spiro atoms. The molecule has 0 saturated carbocycles. The molecule has 0 aromatic rings. The highest BCUT2D eigenvalue weighted by Crippen LogP contribution is 2.31. The Morgan fingerprint density at radius 2 is 1.50 bits per heavy atom. The van der Waals surface area contributed by atoms with Gasteiger partial charge in [0.25, 0.3) is 0 Å². The molecule has 0 saturated heterocycles. The summed E-state index contributed by atoms with van der Waals surface area (Å²) in [6, 6.07) is 0. The van der Waals surface area contributed by atoms with Crippen molar-refractivity contribution < 1.29 is 0 Å². The lowest BCUT2D eigenvalue weighted by Gasteiger charge is -2.39. The molecule has 0 fully saturated rings. The minimum atomic E-state index is 0.0590. The summed E-state index contributed by atoms with van der Waals surface area (Å²) in [6.45, 7) is 11.2. The van der Waals surface area contributed by atoms with Gasteiger partial charge < -0.3 is 5.73 Å². The van der Waals surface area contributed by atoms with E-state index >= 15 is 0 Å². The van der Waals surface area contributed by atoms with Gasteiger partial charge in [-0.3, -0.25) is 0 Å². The maximum atomic E-state index is 6.41. The molecule has 0 rings (SSSR count). The van der Waals surface area contributed by atoms with E-state index in [9.17, 15) is 0 Å². The second-order valence-corrected chi connectivity index (χ2v) is 4.13. The summed E-state index contributed by atoms with van der Waals surface area (Å²) in [5.74, 6) is 1.27. The molecular formula is C11H25N. The highest BCUT2D eigenvalue weighted by Gasteiger charge is 2.33. The molecule has 0 aliphatic heterocycles. The van der Waals surface area contributed by atoms with Crippen LogP contribution in [-0.4, -0.2) is 5.54 Å². The first-order valence-electron chi connectivity index (χ1n) is 5.31. The molecule has 2 N–H and O–H groups in total. The van der Waals surface area contributed by atoms with Crippen LogP contribution in [0.3, 0.4) is 0 Å². The lowest BCUT2D eigenvalue weighted by Crippen LogP contribution is -2.50. The predicted octanol–water partition coefficient (Wildman–Crippen LogP) is 3.19. The molecule has 0 aromatic carbocycles. The zero-order valence-corrected chi connectivity index (χ0v) is 9.35. The second-order valence-electron chi connectivity index (χ2n) is 4.13. The second kappa shape index (κ2) is 4.86. The van der Waals surface area contributed by atoms with Gasteiger partial charge in [0.05, 0.1) is 0 Å². The van der Waals surface area contributed by atoms with E-state index in [-0.39, 0.29) is 5.54 Å². The molecule has 0 radical (unpaired) electrons. The first kappa shape index (κ1) is 12.0. The van der Waals surface area contributed by atoms with Crippen molar-refractivity contribution in [1.82, 2.24) is 0 Å². The highest BCUT2D eigenvalue weighted by atomic mass is 14.8. The first-order valence-corrected chi connectivity index (χ1v) is 5.31. The van der Waals surface area contributed by atoms with Crippen molar-refractivity contribution in [3.63, 3.8) is 0 Å². The minimum Gasteiger partial charge on any atom is -0.325 e. The summed E-state index contributed by atoms with van der Waals surface area (Å²) in [5, 5.41) is 0. The number of hydrogen-bond acceptors (Lipinski definition) is 1. The van der Waals surface area contributed by atoms with Gasteiger partial charge in [-0.2, -0.15) is 0 Å². The third kappa shape index (κ3) is 2.22. The third-order valence-corrected chi connectivity index (χ3v) is 3.43. The highest BCUT2D eigenvalue weighted by molar-refractivity contribution is 4.91. The van der Waals surface area contributed by atoms with Crippen LogP contribution in [0, 0.1) is 11.8 Å². The topological polar surface area (TPSA) is 26.0 Å². The van der Waals surface area contributed by atoms with E-state index in [2.05, 4.69) is 34.6 Å². The molecule has 74 valence electrons. The van der Waals surface area contributed by atoms with Crippen LogP contribution in [0.4, 0.5) is 0 Å². The van der Waals surface area contributed by atoms with Crippen LogP contribution in [0.15, 0.2) is 0 Å². The van der Waals surface area contributed by atoms with E-state index in [0.717, 1.165) is 6.42 Å².